The summed E-state index contributed by atoms with van der Waals surface area (Å²) in [5, 5.41) is 11.6. The third-order valence-electron chi connectivity index (χ3n) is 3.25. The summed E-state index contributed by atoms with van der Waals surface area (Å²) in [7, 11) is 0. The third kappa shape index (κ3) is 2.70. The van der Waals surface area contributed by atoms with Crippen LogP contribution < -0.4 is 10.1 Å². The normalized spacial score (nSPS) is 18.1. The summed E-state index contributed by atoms with van der Waals surface area (Å²) in [6.45, 7) is 3.40. The molecular formula is C14H17NO4. The van der Waals surface area contributed by atoms with Gasteiger partial charge in [0.1, 0.15) is 11.3 Å². The number of para-hydroxylation sites is 1. The first-order chi connectivity index (χ1) is 8.92. The zero-order valence-electron chi connectivity index (χ0n) is 11.0. The van der Waals surface area contributed by atoms with Crippen molar-refractivity contribution in [1.82, 2.24) is 5.32 Å². The van der Waals surface area contributed by atoms with Crippen molar-refractivity contribution in [3.63, 3.8) is 0 Å². The molecule has 0 spiro atoms. The maximum Gasteiger partial charge on any atom is 0.328 e. The molecule has 0 fully saturated rings. The van der Waals surface area contributed by atoms with Crippen molar-refractivity contribution < 1.29 is 19.4 Å². The summed E-state index contributed by atoms with van der Waals surface area (Å²) in [4.78, 5) is 23.3. The van der Waals surface area contributed by atoms with E-state index in [1.54, 1.807) is 0 Å². The number of carbonyl (C=O) groups excluding carboxylic acids is 1. The van der Waals surface area contributed by atoms with Crippen LogP contribution in [0.5, 0.6) is 5.75 Å². The molecule has 0 radical (unpaired) electrons. The van der Waals surface area contributed by atoms with Crippen LogP contribution in [-0.2, 0) is 9.59 Å². The average Bonchev–Trinajstić information content (AvgIpc) is 2.37. The SMILES string of the molecule is CC(C)(NC(=O)C1CCOc2ccccc21)C(=O)O. The molecule has 1 heterocycles. The Morgan fingerprint density at radius 2 is 2.05 bits per heavy atom. The number of hydrogen-bond acceptors (Lipinski definition) is 3. The highest BCUT2D eigenvalue weighted by Crippen LogP contribution is 2.33. The fourth-order valence-electron chi connectivity index (χ4n) is 2.06. The standard InChI is InChI=1S/C14H17NO4/c1-14(2,13(17)18)15-12(16)10-7-8-19-11-6-4-3-5-9(10)11/h3-6,10H,7-8H2,1-2H3,(H,15,16)(H,17,18). The summed E-state index contributed by atoms with van der Waals surface area (Å²) < 4.78 is 5.49. The van der Waals surface area contributed by atoms with Gasteiger partial charge in [0.15, 0.2) is 0 Å². The first kappa shape index (κ1) is 13.4. The Bertz CT molecular complexity index is 510. The molecule has 1 aliphatic rings. The number of ether oxygens (including phenoxy) is 1. The van der Waals surface area contributed by atoms with Gasteiger partial charge in [-0.15, -0.1) is 0 Å². The minimum atomic E-state index is -1.27. The van der Waals surface area contributed by atoms with Crippen LogP contribution in [0.4, 0.5) is 0 Å². The van der Waals surface area contributed by atoms with E-state index >= 15 is 0 Å². The van der Waals surface area contributed by atoms with Crippen LogP contribution in [-0.4, -0.2) is 29.1 Å². The van der Waals surface area contributed by atoms with Gasteiger partial charge in [-0.25, -0.2) is 4.79 Å². The third-order valence-corrected chi connectivity index (χ3v) is 3.25. The van der Waals surface area contributed by atoms with Gasteiger partial charge < -0.3 is 15.2 Å². The van der Waals surface area contributed by atoms with Gasteiger partial charge in [0.05, 0.1) is 12.5 Å². The van der Waals surface area contributed by atoms with Gasteiger partial charge in [-0.1, -0.05) is 18.2 Å². The Labute approximate surface area is 111 Å². The minimum Gasteiger partial charge on any atom is -0.493 e. The van der Waals surface area contributed by atoms with E-state index < -0.39 is 11.5 Å². The monoisotopic (exact) mass is 263 g/mol. The van der Waals surface area contributed by atoms with Gasteiger partial charge in [-0.05, 0) is 26.3 Å². The molecule has 1 aliphatic heterocycles. The molecule has 0 saturated carbocycles. The molecular weight excluding hydrogens is 246 g/mol. The van der Waals surface area contributed by atoms with E-state index in [0.717, 1.165) is 5.56 Å². The van der Waals surface area contributed by atoms with E-state index in [0.29, 0.717) is 18.8 Å². The number of aliphatic carboxylic acids is 1. The lowest BCUT2D eigenvalue weighted by Crippen LogP contribution is -2.51. The van der Waals surface area contributed by atoms with Gasteiger partial charge in [-0.2, -0.15) is 0 Å². The van der Waals surface area contributed by atoms with E-state index in [-0.39, 0.29) is 11.8 Å². The van der Waals surface area contributed by atoms with Gasteiger partial charge in [0.25, 0.3) is 0 Å². The smallest absolute Gasteiger partial charge is 0.328 e. The van der Waals surface area contributed by atoms with Crippen LogP contribution in [0, 0.1) is 0 Å². The van der Waals surface area contributed by atoms with Gasteiger partial charge >= 0.3 is 5.97 Å². The first-order valence-corrected chi connectivity index (χ1v) is 6.19. The molecule has 0 saturated heterocycles. The highest BCUT2D eigenvalue weighted by Gasteiger charge is 2.34. The van der Waals surface area contributed by atoms with Crippen LogP contribution in [0.15, 0.2) is 24.3 Å². The number of benzene rings is 1. The average molecular weight is 263 g/mol. The van der Waals surface area contributed by atoms with E-state index in [1.807, 2.05) is 24.3 Å². The Morgan fingerprint density at radius 3 is 2.74 bits per heavy atom. The van der Waals surface area contributed by atoms with Gasteiger partial charge in [-0.3, -0.25) is 4.79 Å². The summed E-state index contributed by atoms with van der Waals surface area (Å²) in [6, 6.07) is 7.35. The fraction of sp³-hybridized carbons (Fsp3) is 0.429. The van der Waals surface area contributed by atoms with Crippen LogP contribution in [0.3, 0.4) is 0 Å². The predicted molar refractivity (Wildman–Crippen MR) is 69.2 cm³/mol. The Kier molecular flexibility index (Phi) is 3.46. The van der Waals surface area contributed by atoms with Crippen molar-refractivity contribution >= 4 is 11.9 Å². The summed E-state index contributed by atoms with van der Waals surface area (Å²) in [6.07, 6.45) is 0.554. The number of carbonyl (C=O) groups is 2. The fourth-order valence-corrected chi connectivity index (χ4v) is 2.06. The highest BCUT2D eigenvalue weighted by molar-refractivity contribution is 5.90. The van der Waals surface area contributed by atoms with E-state index in [9.17, 15) is 9.59 Å². The Hall–Kier alpha value is -2.04. The van der Waals surface area contributed by atoms with Crippen molar-refractivity contribution in [1.29, 1.82) is 0 Å². The number of hydrogen-bond donors (Lipinski definition) is 2. The van der Waals surface area contributed by atoms with Crippen LogP contribution >= 0.6 is 0 Å². The lowest BCUT2D eigenvalue weighted by molar-refractivity contribution is -0.146. The molecule has 19 heavy (non-hydrogen) atoms. The van der Waals surface area contributed by atoms with Crippen LogP contribution in [0.2, 0.25) is 0 Å². The van der Waals surface area contributed by atoms with E-state index in [1.165, 1.54) is 13.8 Å². The first-order valence-electron chi connectivity index (χ1n) is 6.19. The summed E-state index contributed by atoms with van der Waals surface area (Å²) in [5.74, 6) is -0.991. The Morgan fingerprint density at radius 1 is 1.37 bits per heavy atom. The molecule has 5 nitrogen and oxygen atoms in total. The van der Waals surface area contributed by atoms with E-state index in [2.05, 4.69) is 5.32 Å². The van der Waals surface area contributed by atoms with Crippen molar-refractivity contribution in [2.75, 3.05) is 6.61 Å². The number of carboxylic acids is 1. The van der Waals surface area contributed by atoms with Gasteiger partial charge in [0.2, 0.25) is 5.91 Å². The highest BCUT2D eigenvalue weighted by atomic mass is 16.5. The molecule has 0 aliphatic carbocycles. The number of nitrogens with one attached hydrogen (secondary N) is 1. The lowest BCUT2D eigenvalue weighted by atomic mass is 9.91. The maximum atomic E-state index is 12.3. The van der Waals surface area contributed by atoms with Gasteiger partial charge in [0, 0.05) is 5.56 Å². The Balaban J connectivity index is 2.20. The second kappa shape index (κ2) is 4.91. The van der Waals surface area contributed by atoms with Crippen LogP contribution in [0.1, 0.15) is 31.7 Å². The largest absolute Gasteiger partial charge is 0.493 e. The number of amides is 1. The molecule has 1 aromatic carbocycles. The van der Waals surface area contributed by atoms with Crippen molar-refractivity contribution in [2.45, 2.75) is 31.7 Å². The van der Waals surface area contributed by atoms with Crippen molar-refractivity contribution in [3.05, 3.63) is 29.8 Å². The second-order valence-electron chi connectivity index (χ2n) is 5.15. The number of fused-ring (bicyclic) bond motifs is 1. The van der Waals surface area contributed by atoms with Crippen LogP contribution in [0.25, 0.3) is 0 Å². The molecule has 1 atom stereocenters. The molecule has 2 rings (SSSR count). The van der Waals surface area contributed by atoms with E-state index in [4.69, 9.17) is 9.84 Å². The number of rotatable bonds is 3. The minimum absolute atomic E-state index is 0.275. The zero-order chi connectivity index (χ0) is 14.0. The molecule has 5 heteroatoms. The van der Waals surface area contributed by atoms with Crippen molar-refractivity contribution in [3.8, 4) is 5.75 Å². The molecule has 1 unspecified atom stereocenters. The predicted octanol–water partition coefficient (Wildman–Crippen LogP) is 1.53. The molecule has 1 aromatic rings. The molecule has 0 aromatic heterocycles. The quantitative estimate of drug-likeness (QED) is 0.867. The molecule has 102 valence electrons. The summed E-state index contributed by atoms with van der Waals surface area (Å²) in [5.41, 5.74) is -0.461. The molecule has 0 bridgehead atoms. The second-order valence-corrected chi connectivity index (χ2v) is 5.15. The summed E-state index contributed by atoms with van der Waals surface area (Å²) >= 11 is 0. The zero-order valence-corrected chi connectivity index (χ0v) is 11.0. The van der Waals surface area contributed by atoms with Crippen molar-refractivity contribution in [2.24, 2.45) is 0 Å². The molecule has 2 N–H and O–H groups in total. The number of carboxylic acid groups (broad SMARTS) is 1. The lowest BCUT2D eigenvalue weighted by Gasteiger charge is -2.28. The topological polar surface area (TPSA) is 75.6 Å². The molecule has 1 amide bonds. The maximum absolute atomic E-state index is 12.3.